The zero-order valence-corrected chi connectivity index (χ0v) is 11.1. The number of hydrogen-bond acceptors (Lipinski definition) is 2. The highest BCUT2D eigenvalue weighted by Gasteiger charge is 2.23. The fourth-order valence-electron chi connectivity index (χ4n) is 2.89. The first-order valence-corrected chi connectivity index (χ1v) is 6.69. The molecule has 0 amide bonds. The smallest absolute Gasteiger partial charge is 0.119 e. The molecule has 0 aliphatic carbocycles. The van der Waals surface area contributed by atoms with Crippen LogP contribution in [0.4, 0.5) is 0 Å². The molecule has 3 nitrogen and oxygen atoms in total. The van der Waals surface area contributed by atoms with Crippen LogP contribution in [-0.4, -0.2) is 18.6 Å². The third kappa shape index (κ3) is 2.09. The number of fused-ring (bicyclic) bond motifs is 3. The molecule has 1 atom stereocenters. The number of aromatic amines is 1. The normalized spacial score (nSPS) is 18.0. The highest BCUT2D eigenvalue weighted by atomic mass is 16.5. The second-order valence-electron chi connectivity index (χ2n) is 4.93. The molecular weight excluding hydrogens is 236 g/mol. The van der Waals surface area contributed by atoms with Gasteiger partial charge in [0.1, 0.15) is 5.75 Å². The Morgan fingerprint density at radius 2 is 2.37 bits per heavy atom. The molecule has 1 aromatic carbocycles. The maximum atomic E-state index is 5.37. The Morgan fingerprint density at radius 3 is 3.16 bits per heavy atom. The number of H-pyrrole nitrogens is 1. The van der Waals surface area contributed by atoms with Crippen LogP contribution in [0.25, 0.3) is 10.9 Å². The van der Waals surface area contributed by atoms with Crippen LogP contribution >= 0.6 is 0 Å². The van der Waals surface area contributed by atoms with Crippen molar-refractivity contribution in [2.45, 2.75) is 25.3 Å². The number of rotatable bonds is 3. The number of benzene rings is 1. The molecule has 2 aromatic rings. The highest BCUT2D eigenvalue weighted by molar-refractivity contribution is 5.86. The number of hydrogen-bond donors (Lipinski definition) is 2. The highest BCUT2D eigenvalue weighted by Crippen LogP contribution is 2.33. The first kappa shape index (κ1) is 12.1. The molecule has 0 saturated carbocycles. The van der Waals surface area contributed by atoms with E-state index in [2.05, 4.69) is 28.4 Å². The Bertz CT molecular complexity index is 636. The van der Waals surface area contributed by atoms with Crippen LogP contribution in [0.2, 0.25) is 0 Å². The molecule has 0 bridgehead atoms. The molecule has 1 unspecified atom stereocenters. The van der Waals surface area contributed by atoms with Gasteiger partial charge in [-0.2, -0.15) is 0 Å². The lowest BCUT2D eigenvalue weighted by molar-refractivity contribution is 0.415. The van der Waals surface area contributed by atoms with E-state index in [9.17, 15) is 0 Å². The van der Waals surface area contributed by atoms with E-state index in [0.717, 1.165) is 31.6 Å². The average molecular weight is 254 g/mol. The molecule has 1 aliphatic heterocycles. The number of aromatic nitrogens is 1. The van der Waals surface area contributed by atoms with Gasteiger partial charge in [-0.1, -0.05) is 0 Å². The maximum Gasteiger partial charge on any atom is 0.119 e. The van der Waals surface area contributed by atoms with Crippen molar-refractivity contribution in [2.75, 3.05) is 13.7 Å². The van der Waals surface area contributed by atoms with Crippen LogP contribution in [0.15, 0.2) is 18.2 Å². The Labute approximate surface area is 113 Å². The summed E-state index contributed by atoms with van der Waals surface area (Å²) >= 11 is 0. The summed E-state index contributed by atoms with van der Waals surface area (Å²) in [6, 6.07) is 6.55. The molecular formula is C16H18N2O. The lowest BCUT2D eigenvalue weighted by Gasteiger charge is -2.23. The van der Waals surface area contributed by atoms with E-state index in [1.807, 2.05) is 6.07 Å². The summed E-state index contributed by atoms with van der Waals surface area (Å²) in [5.41, 5.74) is 3.89. The van der Waals surface area contributed by atoms with Gasteiger partial charge in [-0.15, -0.1) is 12.3 Å². The summed E-state index contributed by atoms with van der Waals surface area (Å²) in [6.07, 6.45) is 8.21. The van der Waals surface area contributed by atoms with E-state index in [-0.39, 0.29) is 0 Å². The Balaban J connectivity index is 2.05. The Hall–Kier alpha value is -1.92. The monoisotopic (exact) mass is 254 g/mol. The van der Waals surface area contributed by atoms with Crippen LogP contribution in [0.5, 0.6) is 5.75 Å². The minimum atomic E-state index is 0.346. The van der Waals surface area contributed by atoms with Crippen molar-refractivity contribution >= 4 is 10.9 Å². The summed E-state index contributed by atoms with van der Waals surface area (Å²) in [4.78, 5) is 3.54. The van der Waals surface area contributed by atoms with Crippen molar-refractivity contribution in [3.05, 3.63) is 29.5 Å². The molecule has 0 spiro atoms. The number of ether oxygens (including phenoxy) is 1. The van der Waals surface area contributed by atoms with E-state index in [4.69, 9.17) is 11.2 Å². The second-order valence-corrected chi connectivity index (χ2v) is 4.93. The molecule has 3 heteroatoms. The van der Waals surface area contributed by atoms with Crippen molar-refractivity contribution in [1.82, 2.24) is 10.3 Å². The van der Waals surface area contributed by atoms with E-state index < -0.39 is 0 Å². The van der Waals surface area contributed by atoms with Gasteiger partial charge >= 0.3 is 0 Å². The first-order valence-electron chi connectivity index (χ1n) is 6.69. The number of nitrogens with one attached hydrogen (secondary N) is 2. The molecule has 98 valence electrons. The molecule has 0 saturated heterocycles. The lowest BCUT2D eigenvalue weighted by Crippen LogP contribution is -2.29. The molecule has 0 fully saturated rings. The van der Waals surface area contributed by atoms with Gasteiger partial charge in [0.2, 0.25) is 0 Å². The second kappa shape index (κ2) is 4.99. The largest absolute Gasteiger partial charge is 0.497 e. The first-order chi connectivity index (χ1) is 9.33. The standard InChI is InChI=1S/C16H18N2O/c1-3-4-5-15-16-12(8-9-17-15)13-10-11(19-2)6-7-14(13)18-16/h1,6-7,10,15,17-18H,4-5,8-9H2,2H3. The van der Waals surface area contributed by atoms with Crippen LogP contribution in [-0.2, 0) is 6.42 Å². The van der Waals surface area contributed by atoms with Crippen LogP contribution in [0.3, 0.4) is 0 Å². The molecule has 3 rings (SSSR count). The third-order valence-corrected chi connectivity index (χ3v) is 3.84. The SMILES string of the molecule is C#CCCC1NCCc2c1[nH]c1ccc(OC)cc21. The molecule has 1 aromatic heterocycles. The summed E-state index contributed by atoms with van der Waals surface area (Å²) in [7, 11) is 1.71. The van der Waals surface area contributed by atoms with Gasteiger partial charge in [0, 0.05) is 29.1 Å². The van der Waals surface area contributed by atoms with Crippen LogP contribution in [0.1, 0.15) is 30.1 Å². The Kier molecular flexibility index (Phi) is 3.18. The van der Waals surface area contributed by atoms with Crippen molar-refractivity contribution in [2.24, 2.45) is 0 Å². The van der Waals surface area contributed by atoms with Gasteiger partial charge in [-0.05, 0) is 43.1 Å². The maximum absolute atomic E-state index is 5.37. The zero-order valence-electron chi connectivity index (χ0n) is 11.1. The van der Waals surface area contributed by atoms with Gasteiger partial charge < -0.3 is 15.0 Å². The predicted octanol–water partition coefficient (Wildman–Crippen LogP) is 2.78. The average Bonchev–Trinajstić information content (AvgIpc) is 2.83. The van der Waals surface area contributed by atoms with Gasteiger partial charge in [0.15, 0.2) is 0 Å². The molecule has 19 heavy (non-hydrogen) atoms. The summed E-state index contributed by atoms with van der Waals surface area (Å²) in [5.74, 6) is 3.63. The van der Waals surface area contributed by atoms with Crippen LogP contribution in [0, 0.1) is 12.3 Å². The molecule has 1 aliphatic rings. The number of terminal acetylenes is 1. The van der Waals surface area contributed by atoms with Crippen molar-refractivity contribution in [1.29, 1.82) is 0 Å². The van der Waals surface area contributed by atoms with E-state index >= 15 is 0 Å². The predicted molar refractivity (Wildman–Crippen MR) is 77.4 cm³/mol. The quantitative estimate of drug-likeness (QED) is 0.826. The molecule has 2 N–H and O–H groups in total. The van der Waals surface area contributed by atoms with Crippen molar-refractivity contribution in [3.8, 4) is 18.1 Å². The lowest BCUT2D eigenvalue weighted by atomic mass is 9.96. The van der Waals surface area contributed by atoms with E-state index in [1.54, 1.807) is 7.11 Å². The zero-order chi connectivity index (χ0) is 13.2. The molecule has 0 radical (unpaired) electrons. The van der Waals surface area contributed by atoms with Crippen LogP contribution < -0.4 is 10.1 Å². The minimum absolute atomic E-state index is 0.346. The van der Waals surface area contributed by atoms with Gasteiger partial charge in [-0.25, -0.2) is 0 Å². The van der Waals surface area contributed by atoms with Gasteiger partial charge in [0.25, 0.3) is 0 Å². The third-order valence-electron chi connectivity index (χ3n) is 3.84. The summed E-state index contributed by atoms with van der Waals surface area (Å²) in [5, 5.41) is 4.82. The Morgan fingerprint density at radius 1 is 1.47 bits per heavy atom. The topological polar surface area (TPSA) is 37.0 Å². The fraction of sp³-hybridized carbons (Fsp3) is 0.375. The van der Waals surface area contributed by atoms with Gasteiger partial charge in [0.05, 0.1) is 7.11 Å². The molecule has 2 heterocycles. The summed E-state index contributed by atoms with van der Waals surface area (Å²) in [6.45, 7) is 1.01. The fourth-order valence-corrected chi connectivity index (χ4v) is 2.89. The van der Waals surface area contributed by atoms with E-state index in [1.165, 1.54) is 22.2 Å². The number of methoxy groups -OCH3 is 1. The van der Waals surface area contributed by atoms with E-state index in [0.29, 0.717) is 6.04 Å². The van der Waals surface area contributed by atoms with Crippen molar-refractivity contribution in [3.63, 3.8) is 0 Å². The summed E-state index contributed by atoms with van der Waals surface area (Å²) < 4.78 is 5.32. The minimum Gasteiger partial charge on any atom is -0.497 e. The van der Waals surface area contributed by atoms with Crippen molar-refractivity contribution < 1.29 is 4.74 Å². The van der Waals surface area contributed by atoms with Gasteiger partial charge in [-0.3, -0.25) is 0 Å².